The zero-order chi connectivity index (χ0) is 25.2. The van der Waals surface area contributed by atoms with Crippen molar-refractivity contribution in [3.63, 3.8) is 0 Å². The number of aromatic nitrogens is 3. The summed E-state index contributed by atoms with van der Waals surface area (Å²) in [6.45, 7) is 0.725. The number of alkyl halides is 6. The number of H-pyrrole nitrogens is 2. The van der Waals surface area contributed by atoms with Crippen LogP contribution in [0.3, 0.4) is 0 Å². The third kappa shape index (κ3) is 6.30. The second-order valence-corrected chi connectivity index (χ2v) is 8.73. The van der Waals surface area contributed by atoms with Gasteiger partial charge in [-0.25, -0.2) is 4.98 Å². The summed E-state index contributed by atoms with van der Waals surface area (Å²) in [7, 11) is 0. The normalized spacial score (nSPS) is 19.7. The lowest BCUT2D eigenvalue weighted by molar-refractivity contribution is -0.143. The lowest BCUT2D eigenvalue weighted by Gasteiger charge is -2.41. The summed E-state index contributed by atoms with van der Waals surface area (Å²) < 4.78 is 85.8. The quantitative estimate of drug-likeness (QED) is 0.293. The minimum atomic E-state index is -4.91. The summed E-state index contributed by atoms with van der Waals surface area (Å²) in [5.41, 5.74) is -1.98. The molecule has 0 unspecified atom stereocenters. The smallest absolute Gasteiger partial charge is 0.372 e. The second-order valence-electron chi connectivity index (χ2n) is 8.35. The molecule has 1 aromatic heterocycles. The topological polar surface area (TPSA) is 56.9 Å². The highest BCUT2D eigenvalue weighted by Gasteiger charge is 2.38. The average molecular weight is 517 g/mol. The van der Waals surface area contributed by atoms with E-state index in [1.54, 1.807) is 0 Å². The van der Waals surface area contributed by atoms with Crippen LogP contribution in [0.5, 0.6) is 0 Å². The summed E-state index contributed by atoms with van der Waals surface area (Å²) in [6.07, 6.45) is -8.95. The standard InChI is InChI=1S/C23H22F6N4OS/c24-22(25,26)16-9-14(10-17(11-16)23(27,28)29)13-34-18-7-4-8-33(12-19-30-21(35)32-31-19)20(18)15-5-2-1-3-6-15/h1-3,5-6,9-11,18,20H,4,7-8,12-13H2,(H2,30,31,32,35)/t18-,20-/m1/s1. The Morgan fingerprint density at radius 2 is 1.63 bits per heavy atom. The number of piperidine rings is 1. The maximum atomic E-state index is 13.2. The molecular formula is C23H22F6N4OS. The molecule has 35 heavy (non-hydrogen) atoms. The number of nitrogens with one attached hydrogen (secondary N) is 2. The SMILES string of the molecule is FC(F)(F)c1cc(CO[C@@H]2CCCN(Cc3nc(=S)[nH][nH]3)[C@@H]2c2ccccc2)cc(C(F)(F)F)c1. The van der Waals surface area contributed by atoms with E-state index in [1.165, 1.54) is 0 Å². The Labute approximate surface area is 202 Å². The van der Waals surface area contributed by atoms with E-state index in [-0.39, 0.29) is 24.3 Å². The first kappa shape index (κ1) is 25.4. The second kappa shape index (κ2) is 10.1. The van der Waals surface area contributed by atoms with Gasteiger partial charge in [0, 0.05) is 0 Å². The Hall–Kier alpha value is -2.70. The van der Waals surface area contributed by atoms with Crippen LogP contribution in [-0.2, 0) is 30.2 Å². The van der Waals surface area contributed by atoms with Gasteiger partial charge in [0.25, 0.3) is 0 Å². The van der Waals surface area contributed by atoms with E-state index in [0.717, 1.165) is 12.0 Å². The lowest BCUT2D eigenvalue weighted by Crippen LogP contribution is -2.42. The summed E-state index contributed by atoms with van der Waals surface area (Å²) >= 11 is 5.01. The molecular weight excluding hydrogens is 494 g/mol. The van der Waals surface area contributed by atoms with Gasteiger partial charge >= 0.3 is 12.4 Å². The molecule has 1 fully saturated rings. The predicted molar refractivity (Wildman–Crippen MR) is 118 cm³/mol. The van der Waals surface area contributed by atoms with Crippen molar-refractivity contribution in [1.82, 2.24) is 20.1 Å². The molecule has 0 saturated carbocycles. The summed E-state index contributed by atoms with van der Waals surface area (Å²) in [5.74, 6) is 0.615. The fourth-order valence-corrected chi connectivity index (χ4v) is 4.49. The fraction of sp³-hybridized carbons (Fsp3) is 0.391. The first-order valence-corrected chi connectivity index (χ1v) is 11.2. The average Bonchev–Trinajstić information content (AvgIpc) is 3.21. The van der Waals surface area contributed by atoms with Gasteiger partial charge in [0.15, 0.2) is 0 Å². The number of likely N-dealkylation sites (tertiary alicyclic amines) is 1. The first-order valence-electron chi connectivity index (χ1n) is 10.8. The van der Waals surface area contributed by atoms with Gasteiger partial charge in [-0.1, -0.05) is 30.3 Å². The molecule has 4 rings (SSSR count). The third-order valence-corrected chi connectivity index (χ3v) is 6.03. The van der Waals surface area contributed by atoms with Crippen LogP contribution in [0.15, 0.2) is 48.5 Å². The molecule has 3 aromatic rings. The van der Waals surface area contributed by atoms with Gasteiger partial charge in [-0.2, -0.15) is 26.3 Å². The zero-order valence-corrected chi connectivity index (χ0v) is 19.1. The number of hydrogen-bond acceptors (Lipinski definition) is 4. The molecule has 0 amide bonds. The van der Waals surface area contributed by atoms with Crippen molar-refractivity contribution in [3.05, 3.63) is 81.4 Å². The van der Waals surface area contributed by atoms with Crippen LogP contribution in [-0.4, -0.2) is 32.7 Å². The van der Waals surface area contributed by atoms with Crippen molar-refractivity contribution in [3.8, 4) is 0 Å². The van der Waals surface area contributed by atoms with E-state index in [0.29, 0.717) is 42.2 Å². The van der Waals surface area contributed by atoms with Crippen LogP contribution in [0.1, 0.15) is 47.0 Å². The molecule has 2 N–H and O–H groups in total. The van der Waals surface area contributed by atoms with Crippen LogP contribution >= 0.6 is 12.2 Å². The van der Waals surface area contributed by atoms with Crippen molar-refractivity contribution < 1.29 is 31.1 Å². The largest absolute Gasteiger partial charge is 0.416 e. The Kier molecular flexibility index (Phi) is 7.34. The highest BCUT2D eigenvalue weighted by Crippen LogP contribution is 2.38. The van der Waals surface area contributed by atoms with Crippen LogP contribution in [0.25, 0.3) is 0 Å². The highest BCUT2D eigenvalue weighted by molar-refractivity contribution is 7.71. The summed E-state index contributed by atoms with van der Waals surface area (Å²) in [4.78, 5) is 6.33. The molecule has 1 aliphatic rings. The van der Waals surface area contributed by atoms with E-state index < -0.39 is 29.6 Å². The number of nitrogens with zero attached hydrogens (tertiary/aromatic N) is 2. The molecule has 0 spiro atoms. The van der Waals surface area contributed by atoms with Gasteiger partial charge in [-0.05, 0) is 60.9 Å². The van der Waals surface area contributed by atoms with Gasteiger partial charge in [-0.15, -0.1) is 0 Å². The summed E-state index contributed by atoms with van der Waals surface area (Å²) in [5, 5.41) is 5.64. The van der Waals surface area contributed by atoms with Crippen molar-refractivity contribution in [2.24, 2.45) is 0 Å². The van der Waals surface area contributed by atoms with Gasteiger partial charge in [0.05, 0.1) is 36.4 Å². The van der Waals surface area contributed by atoms with E-state index in [1.807, 2.05) is 30.3 Å². The van der Waals surface area contributed by atoms with E-state index in [2.05, 4.69) is 20.1 Å². The van der Waals surface area contributed by atoms with Crippen LogP contribution in [0.4, 0.5) is 26.3 Å². The number of benzene rings is 2. The number of ether oxygens (including phenoxy) is 1. The number of halogens is 6. The maximum absolute atomic E-state index is 13.2. The van der Waals surface area contributed by atoms with Crippen LogP contribution < -0.4 is 0 Å². The van der Waals surface area contributed by atoms with Gasteiger partial charge in [0.1, 0.15) is 5.82 Å². The molecule has 12 heteroatoms. The first-order chi connectivity index (χ1) is 16.5. The monoisotopic (exact) mass is 516 g/mol. The van der Waals surface area contributed by atoms with Crippen LogP contribution in [0.2, 0.25) is 0 Å². The molecule has 2 heterocycles. The Morgan fingerprint density at radius 3 is 2.20 bits per heavy atom. The van der Waals surface area contributed by atoms with Crippen molar-refractivity contribution in [2.45, 2.75) is 50.5 Å². The minimum absolute atomic E-state index is 0.117. The Bertz CT molecular complexity index is 1160. The van der Waals surface area contributed by atoms with Gasteiger partial charge < -0.3 is 4.74 Å². The number of hydrogen-bond donors (Lipinski definition) is 2. The fourth-order valence-electron chi connectivity index (χ4n) is 4.33. The highest BCUT2D eigenvalue weighted by atomic mass is 32.1. The third-order valence-electron chi connectivity index (χ3n) is 5.84. The molecule has 0 aliphatic carbocycles. The number of aromatic amines is 2. The molecule has 0 bridgehead atoms. The van der Waals surface area contributed by atoms with Crippen molar-refractivity contribution >= 4 is 12.2 Å². The molecule has 1 saturated heterocycles. The zero-order valence-electron chi connectivity index (χ0n) is 18.3. The van der Waals surface area contributed by atoms with Crippen molar-refractivity contribution in [1.29, 1.82) is 0 Å². The van der Waals surface area contributed by atoms with Crippen molar-refractivity contribution in [2.75, 3.05) is 6.54 Å². The Balaban J connectivity index is 1.60. The summed E-state index contributed by atoms with van der Waals surface area (Å²) in [6, 6.07) is 10.7. The molecule has 188 valence electrons. The molecule has 2 aromatic carbocycles. The predicted octanol–water partition coefficient (Wildman–Crippen LogP) is 6.43. The number of rotatable bonds is 6. The molecule has 1 aliphatic heterocycles. The minimum Gasteiger partial charge on any atom is -0.372 e. The van der Waals surface area contributed by atoms with E-state index in [4.69, 9.17) is 17.0 Å². The molecule has 5 nitrogen and oxygen atoms in total. The van der Waals surface area contributed by atoms with E-state index >= 15 is 0 Å². The Morgan fingerprint density at radius 1 is 0.971 bits per heavy atom. The lowest BCUT2D eigenvalue weighted by atomic mass is 9.92. The molecule has 0 radical (unpaired) electrons. The van der Waals surface area contributed by atoms with Crippen LogP contribution in [0, 0.1) is 4.77 Å². The van der Waals surface area contributed by atoms with Gasteiger partial charge in [-0.3, -0.25) is 15.1 Å². The van der Waals surface area contributed by atoms with Gasteiger partial charge in [0.2, 0.25) is 4.77 Å². The maximum Gasteiger partial charge on any atom is 0.416 e. The molecule has 2 atom stereocenters. The van der Waals surface area contributed by atoms with E-state index in [9.17, 15) is 26.3 Å².